The van der Waals surface area contributed by atoms with E-state index < -0.39 is 0 Å². The molecule has 0 bridgehead atoms. The molecule has 0 fully saturated rings. The smallest absolute Gasteiger partial charge is 0.155 e. The first-order valence-electron chi connectivity index (χ1n) is 3.43. The van der Waals surface area contributed by atoms with E-state index in [9.17, 15) is 9.18 Å². The maximum absolute atomic E-state index is 12.8. The molecule has 0 N–H and O–H groups in total. The van der Waals surface area contributed by atoms with Crippen LogP contribution in [0.1, 0.15) is 6.92 Å². The Morgan fingerprint density at radius 2 is 2.50 bits per heavy atom. The Balaban J connectivity index is 2.63. The van der Waals surface area contributed by atoms with Crippen molar-refractivity contribution in [1.29, 1.82) is 0 Å². The van der Waals surface area contributed by atoms with Crippen molar-refractivity contribution in [2.45, 2.75) is 11.9 Å². The molecule has 0 aliphatic carbocycles. The molecule has 0 aliphatic heterocycles. The molecule has 1 aromatic heterocycles. The summed E-state index contributed by atoms with van der Waals surface area (Å²) in [5.74, 6) is -0.0812. The molecule has 4 heteroatoms. The number of carbonyl (C=O) groups is 1. The van der Waals surface area contributed by atoms with Crippen LogP contribution in [0.25, 0.3) is 0 Å². The summed E-state index contributed by atoms with van der Waals surface area (Å²) < 4.78 is 12.8. The van der Waals surface area contributed by atoms with Gasteiger partial charge in [-0.25, -0.2) is 9.37 Å². The van der Waals surface area contributed by atoms with Crippen molar-refractivity contribution in [2.75, 3.05) is 5.75 Å². The number of halogens is 1. The number of nitrogens with zero attached hydrogens (tertiary/aromatic N) is 1. The van der Waals surface area contributed by atoms with Crippen molar-refractivity contribution >= 4 is 17.5 Å². The third-order valence-corrected chi connectivity index (χ3v) is 2.26. The van der Waals surface area contributed by atoms with Crippen LogP contribution in [0.4, 0.5) is 4.39 Å². The van der Waals surface area contributed by atoms with Gasteiger partial charge in [0.25, 0.3) is 0 Å². The summed E-state index contributed by atoms with van der Waals surface area (Å²) in [6, 6.07) is 2.85. The maximum atomic E-state index is 12.8. The second kappa shape index (κ2) is 4.21. The van der Waals surface area contributed by atoms with E-state index in [4.69, 9.17) is 0 Å². The van der Waals surface area contributed by atoms with Crippen LogP contribution in [0.15, 0.2) is 23.4 Å². The minimum atomic E-state index is -0.372. The van der Waals surface area contributed by atoms with Crippen molar-refractivity contribution < 1.29 is 9.18 Å². The number of hydrogen-bond donors (Lipinski definition) is 0. The topological polar surface area (TPSA) is 30.0 Å². The number of carbonyl (C=O) groups excluding carboxylic acids is 1. The summed E-state index contributed by atoms with van der Waals surface area (Å²) in [4.78, 5) is 14.3. The molecule has 0 saturated carbocycles. The summed E-state index contributed by atoms with van der Waals surface area (Å²) >= 11 is 1.12. The fourth-order valence-corrected chi connectivity index (χ4v) is 1.33. The van der Waals surface area contributed by atoms with Crippen LogP contribution in [-0.4, -0.2) is 16.5 Å². The molecule has 0 spiro atoms. The van der Waals surface area contributed by atoms with Gasteiger partial charge >= 0.3 is 0 Å². The normalized spacial score (nSPS) is 9.83. The molecule has 0 radical (unpaired) electrons. The lowest BCUT2D eigenvalue weighted by molar-refractivity contribution is -0.114. The molecule has 0 aliphatic rings. The average molecular weight is 185 g/mol. The fourth-order valence-electron chi connectivity index (χ4n) is 0.647. The van der Waals surface area contributed by atoms with Crippen LogP contribution in [-0.2, 0) is 4.79 Å². The van der Waals surface area contributed by atoms with E-state index in [0.29, 0.717) is 0 Å². The number of pyridine rings is 1. The summed E-state index contributed by atoms with van der Waals surface area (Å²) in [6.07, 6.45) is 1.51. The van der Waals surface area contributed by atoms with Crippen LogP contribution in [0.5, 0.6) is 0 Å². The molecule has 0 saturated heterocycles. The number of Topliss-reactive ketones (excluding diaryl/α,β-unsaturated/α-hetero) is 1. The van der Waals surface area contributed by atoms with Gasteiger partial charge < -0.3 is 0 Å². The van der Waals surface area contributed by atoms with Crippen molar-refractivity contribution in [3.05, 3.63) is 24.1 Å². The molecule has 1 heterocycles. The Bertz CT molecular complexity index is 290. The van der Waals surface area contributed by atoms with Crippen LogP contribution < -0.4 is 0 Å². The van der Waals surface area contributed by atoms with Crippen molar-refractivity contribution in [2.24, 2.45) is 0 Å². The Morgan fingerprint density at radius 1 is 1.75 bits per heavy atom. The standard InChI is InChI=1S/C8H8FNOS/c1-6(11)5-12-8-7(9)3-2-4-10-8/h2-4H,5H2,1H3. The number of aromatic nitrogens is 1. The van der Waals surface area contributed by atoms with E-state index in [1.54, 1.807) is 0 Å². The molecule has 1 aromatic rings. The average Bonchev–Trinajstić information content (AvgIpc) is 2.03. The SMILES string of the molecule is CC(=O)CSc1ncccc1F. The van der Waals surface area contributed by atoms with E-state index in [0.717, 1.165) is 11.8 Å². The highest BCUT2D eigenvalue weighted by atomic mass is 32.2. The number of rotatable bonds is 3. The lowest BCUT2D eigenvalue weighted by Gasteiger charge is -1.97. The zero-order valence-corrected chi connectivity index (χ0v) is 7.40. The summed E-state index contributed by atoms with van der Waals surface area (Å²) in [6.45, 7) is 1.47. The number of thioether (sulfide) groups is 1. The second-order valence-corrected chi connectivity index (χ2v) is 3.25. The lowest BCUT2D eigenvalue weighted by atomic mass is 10.5. The van der Waals surface area contributed by atoms with Gasteiger partial charge in [0.15, 0.2) is 5.82 Å². The van der Waals surface area contributed by atoms with Crippen molar-refractivity contribution in [1.82, 2.24) is 4.98 Å². The zero-order valence-electron chi connectivity index (χ0n) is 6.58. The molecule has 0 atom stereocenters. The molecule has 1 rings (SSSR count). The predicted molar refractivity (Wildman–Crippen MR) is 45.6 cm³/mol. The van der Waals surface area contributed by atoms with Gasteiger partial charge in [-0.2, -0.15) is 0 Å². The minimum absolute atomic E-state index is 0.0186. The maximum Gasteiger partial charge on any atom is 0.155 e. The third-order valence-electron chi connectivity index (χ3n) is 1.14. The van der Waals surface area contributed by atoms with Gasteiger partial charge in [0.1, 0.15) is 10.8 Å². The Hall–Kier alpha value is -0.900. The van der Waals surface area contributed by atoms with Crippen LogP contribution in [0.3, 0.4) is 0 Å². The van der Waals surface area contributed by atoms with E-state index in [1.165, 1.54) is 25.3 Å². The summed E-state index contributed by atoms with van der Waals surface area (Å²) in [7, 11) is 0. The molecule has 0 unspecified atom stereocenters. The highest BCUT2D eigenvalue weighted by Gasteiger charge is 2.03. The minimum Gasteiger partial charge on any atom is -0.299 e. The molecule has 0 amide bonds. The van der Waals surface area contributed by atoms with E-state index in [-0.39, 0.29) is 22.4 Å². The lowest BCUT2D eigenvalue weighted by Crippen LogP contribution is -1.95. The highest BCUT2D eigenvalue weighted by molar-refractivity contribution is 7.99. The van der Waals surface area contributed by atoms with Crippen LogP contribution in [0.2, 0.25) is 0 Å². The molecular formula is C8H8FNOS. The second-order valence-electron chi connectivity index (χ2n) is 2.28. The quantitative estimate of drug-likeness (QED) is 0.674. The number of ketones is 1. The number of hydrogen-bond acceptors (Lipinski definition) is 3. The summed E-state index contributed by atoms with van der Waals surface area (Å²) in [5, 5.41) is 0.285. The Morgan fingerprint density at radius 3 is 3.08 bits per heavy atom. The molecule has 64 valence electrons. The fraction of sp³-hybridized carbons (Fsp3) is 0.250. The highest BCUT2D eigenvalue weighted by Crippen LogP contribution is 2.17. The first kappa shape index (κ1) is 9.19. The first-order valence-corrected chi connectivity index (χ1v) is 4.41. The van der Waals surface area contributed by atoms with Gasteiger partial charge in [-0.1, -0.05) is 11.8 Å². The molecule has 12 heavy (non-hydrogen) atoms. The molecular weight excluding hydrogens is 177 g/mol. The first-order chi connectivity index (χ1) is 5.70. The van der Waals surface area contributed by atoms with Gasteiger partial charge in [-0.15, -0.1) is 0 Å². The van der Waals surface area contributed by atoms with E-state index in [1.807, 2.05) is 0 Å². The monoisotopic (exact) mass is 185 g/mol. The van der Waals surface area contributed by atoms with Crippen LogP contribution >= 0.6 is 11.8 Å². The van der Waals surface area contributed by atoms with Gasteiger partial charge in [-0.3, -0.25) is 4.79 Å². The van der Waals surface area contributed by atoms with Gasteiger partial charge in [0.2, 0.25) is 0 Å². The Kier molecular flexibility index (Phi) is 3.22. The molecule has 2 nitrogen and oxygen atoms in total. The van der Waals surface area contributed by atoms with E-state index >= 15 is 0 Å². The van der Waals surface area contributed by atoms with Crippen molar-refractivity contribution in [3.8, 4) is 0 Å². The zero-order chi connectivity index (χ0) is 8.97. The van der Waals surface area contributed by atoms with Gasteiger partial charge in [-0.05, 0) is 19.1 Å². The largest absolute Gasteiger partial charge is 0.299 e. The third kappa shape index (κ3) is 2.62. The van der Waals surface area contributed by atoms with Gasteiger partial charge in [0.05, 0.1) is 5.75 Å². The summed E-state index contributed by atoms with van der Waals surface area (Å²) in [5.41, 5.74) is 0. The van der Waals surface area contributed by atoms with Crippen molar-refractivity contribution in [3.63, 3.8) is 0 Å². The predicted octanol–water partition coefficient (Wildman–Crippen LogP) is 1.90. The molecule has 0 aromatic carbocycles. The van der Waals surface area contributed by atoms with Crippen LogP contribution in [0, 0.1) is 5.82 Å². The van der Waals surface area contributed by atoms with Gasteiger partial charge in [0, 0.05) is 6.20 Å². The Labute approximate surface area is 74.2 Å². The van der Waals surface area contributed by atoms with E-state index in [2.05, 4.69) is 4.98 Å².